The summed E-state index contributed by atoms with van der Waals surface area (Å²) in [5.41, 5.74) is 1.96. The first kappa shape index (κ1) is 26.9. The average Bonchev–Trinajstić information content (AvgIpc) is 3.24. The van der Waals surface area contributed by atoms with Crippen LogP contribution in [0.1, 0.15) is 19.4 Å². The number of likely N-dealkylation sites (N-methyl/N-ethyl adjacent to an activating group) is 1. The number of anilines is 1. The highest BCUT2D eigenvalue weighted by atomic mass is 127. The molecular formula is C23H36IN7O2. The van der Waals surface area contributed by atoms with E-state index in [-0.39, 0.29) is 36.4 Å². The summed E-state index contributed by atoms with van der Waals surface area (Å²) in [6.45, 7) is 10.2. The minimum Gasteiger partial charge on any atom is -0.492 e. The van der Waals surface area contributed by atoms with Crippen molar-refractivity contribution in [2.45, 2.75) is 20.4 Å². The maximum Gasteiger partial charge on any atom is 0.246 e. The summed E-state index contributed by atoms with van der Waals surface area (Å²) in [6.07, 6.45) is 3.58. The van der Waals surface area contributed by atoms with Gasteiger partial charge in [0, 0.05) is 46.5 Å². The third-order valence-corrected chi connectivity index (χ3v) is 5.68. The topological polar surface area (TPSA) is 78.2 Å². The number of aliphatic imine (C=N–C) groups is 1. The standard InChI is InChI=1S/C23H35N7O2.HI/c1-5-28(6-2)13-14-32-21-9-7-19(8-10-21)15-25-23(24-3)29-11-12-30(22(31)18-29)20-16-26-27(4)17-20;/h7-10,16-17H,5-6,11-15,18H2,1-4H3,(H,24,25);1H. The lowest BCUT2D eigenvalue weighted by molar-refractivity contribution is -0.120. The van der Waals surface area contributed by atoms with Gasteiger partial charge in [0.05, 0.1) is 11.9 Å². The molecule has 1 aromatic heterocycles. The van der Waals surface area contributed by atoms with Gasteiger partial charge in [0.15, 0.2) is 5.96 Å². The van der Waals surface area contributed by atoms with Crippen LogP contribution in [0.3, 0.4) is 0 Å². The van der Waals surface area contributed by atoms with Gasteiger partial charge in [-0.05, 0) is 30.8 Å². The second-order valence-electron chi connectivity index (χ2n) is 7.76. The molecule has 2 heterocycles. The number of amides is 1. The Kier molecular flexibility index (Phi) is 10.9. The number of aryl methyl sites for hydroxylation is 1. The predicted octanol–water partition coefficient (Wildman–Crippen LogP) is 2.18. The first-order chi connectivity index (χ1) is 15.5. The van der Waals surface area contributed by atoms with Crippen molar-refractivity contribution in [2.75, 3.05) is 57.8 Å². The van der Waals surface area contributed by atoms with Crippen LogP contribution < -0.4 is 15.0 Å². The summed E-state index contributed by atoms with van der Waals surface area (Å²) in [6, 6.07) is 8.10. The Morgan fingerprint density at radius 3 is 2.52 bits per heavy atom. The number of hydrogen-bond donors (Lipinski definition) is 1. The van der Waals surface area contributed by atoms with Crippen molar-refractivity contribution in [3.8, 4) is 5.75 Å². The van der Waals surface area contributed by atoms with Gasteiger partial charge in [-0.2, -0.15) is 5.10 Å². The van der Waals surface area contributed by atoms with E-state index < -0.39 is 0 Å². The summed E-state index contributed by atoms with van der Waals surface area (Å²) < 4.78 is 7.56. The fraction of sp³-hybridized carbons (Fsp3) is 0.522. The number of guanidine groups is 1. The largest absolute Gasteiger partial charge is 0.492 e. The molecule has 0 bridgehead atoms. The van der Waals surface area contributed by atoms with Gasteiger partial charge in [0.1, 0.15) is 18.9 Å². The number of aromatic nitrogens is 2. The number of hydrogen-bond acceptors (Lipinski definition) is 5. The number of rotatable bonds is 9. The molecule has 2 aromatic rings. The van der Waals surface area contributed by atoms with Crippen LogP contribution in [0.5, 0.6) is 5.75 Å². The molecule has 1 amide bonds. The Morgan fingerprint density at radius 2 is 1.94 bits per heavy atom. The minimum atomic E-state index is 0. The molecule has 1 N–H and O–H groups in total. The van der Waals surface area contributed by atoms with E-state index in [1.807, 2.05) is 30.3 Å². The SMILES string of the molecule is CCN(CC)CCOc1ccc(CNC(=NC)N2CCN(c3cnn(C)c3)C(=O)C2)cc1.I. The highest BCUT2D eigenvalue weighted by Gasteiger charge is 2.27. The fourth-order valence-corrected chi connectivity index (χ4v) is 3.72. The van der Waals surface area contributed by atoms with E-state index in [0.29, 0.717) is 26.2 Å². The van der Waals surface area contributed by atoms with Crippen LogP contribution in [0.25, 0.3) is 0 Å². The number of piperazine rings is 1. The molecule has 3 rings (SSSR count). The number of nitrogens with zero attached hydrogens (tertiary/aromatic N) is 6. The molecule has 1 aromatic carbocycles. The van der Waals surface area contributed by atoms with E-state index in [1.165, 1.54) is 0 Å². The van der Waals surface area contributed by atoms with Crippen molar-refractivity contribution in [2.24, 2.45) is 12.0 Å². The Labute approximate surface area is 213 Å². The lowest BCUT2D eigenvalue weighted by Gasteiger charge is -2.35. The fourth-order valence-electron chi connectivity index (χ4n) is 3.72. The van der Waals surface area contributed by atoms with Crippen molar-refractivity contribution in [3.05, 3.63) is 42.2 Å². The van der Waals surface area contributed by atoms with Gasteiger partial charge >= 0.3 is 0 Å². The molecule has 0 aliphatic carbocycles. The quantitative estimate of drug-likeness (QED) is 0.284. The minimum absolute atomic E-state index is 0. The molecule has 0 unspecified atom stereocenters. The Morgan fingerprint density at radius 1 is 1.21 bits per heavy atom. The van der Waals surface area contributed by atoms with Crippen LogP contribution in [0.2, 0.25) is 0 Å². The monoisotopic (exact) mass is 569 g/mol. The van der Waals surface area contributed by atoms with E-state index in [9.17, 15) is 4.79 Å². The third-order valence-electron chi connectivity index (χ3n) is 5.68. The van der Waals surface area contributed by atoms with Gasteiger partial charge in [-0.1, -0.05) is 26.0 Å². The van der Waals surface area contributed by atoms with Crippen LogP contribution in [-0.2, 0) is 18.4 Å². The van der Waals surface area contributed by atoms with Crippen molar-refractivity contribution in [3.63, 3.8) is 0 Å². The Balaban J connectivity index is 0.00000385. The molecule has 0 spiro atoms. The Bertz CT molecular complexity index is 896. The zero-order valence-electron chi connectivity index (χ0n) is 20.0. The van der Waals surface area contributed by atoms with Crippen molar-refractivity contribution < 1.29 is 9.53 Å². The summed E-state index contributed by atoms with van der Waals surface area (Å²) in [4.78, 5) is 23.1. The number of halogens is 1. The van der Waals surface area contributed by atoms with Crippen LogP contribution in [0.4, 0.5) is 5.69 Å². The second-order valence-corrected chi connectivity index (χ2v) is 7.76. The van der Waals surface area contributed by atoms with Crippen LogP contribution >= 0.6 is 24.0 Å². The van der Waals surface area contributed by atoms with Gasteiger partial charge in [0.25, 0.3) is 0 Å². The molecule has 1 saturated heterocycles. The van der Waals surface area contributed by atoms with Crippen molar-refractivity contribution in [1.29, 1.82) is 0 Å². The molecule has 182 valence electrons. The molecular weight excluding hydrogens is 533 g/mol. The van der Waals surface area contributed by atoms with E-state index in [1.54, 1.807) is 22.8 Å². The maximum atomic E-state index is 12.7. The van der Waals surface area contributed by atoms with Crippen molar-refractivity contribution in [1.82, 2.24) is 24.9 Å². The summed E-state index contributed by atoms with van der Waals surface area (Å²) in [7, 11) is 3.59. The second kappa shape index (κ2) is 13.4. The number of carbonyl (C=O) groups is 1. The zero-order valence-corrected chi connectivity index (χ0v) is 22.4. The molecule has 10 heteroatoms. The molecule has 33 heavy (non-hydrogen) atoms. The number of nitrogens with one attached hydrogen (secondary N) is 1. The molecule has 0 saturated carbocycles. The van der Waals surface area contributed by atoms with Crippen LogP contribution in [0.15, 0.2) is 41.7 Å². The molecule has 0 atom stereocenters. The molecule has 9 nitrogen and oxygen atoms in total. The lowest BCUT2D eigenvalue weighted by atomic mass is 10.2. The Hall–Kier alpha value is -2.34. The van der Waals surface area contributed by atoms with Gasteiger partial charge in [-0.3, -0.25) is 14.5 Å². The van der Waals surface area contributed by atoms with E-state index in [4.69, 9.17) is 4.74 Å². The molecule has 1 aliphatic heterocycles. The smallest absolute Gasteiger partial charge is 0.246 e. The normalized spacial score (nSPS) is 14.5. The highest BCUT2D eigenvalue weighted by Crippen LogP contribution is 2.16. The van der Waals surface area contributed by atoms with E-state index in [2.05, 4.69) is 46.3 Å². The van der Waals surface area contributed by atoms with Gasteiger partial charge < -0.3 is 24.8 Å². The van der Waals surface area contributed by atoms with E-state index in [0.717, 1.165) is 42.6 Å². The summed E-state index contributed by atoms with van der Waals surface area (Å²) >= 11 is 0. The predicted molar refractivity (Wildman–Crippen MR) is 142 cm³/mol. The summed E-state index contributed by atoms with van der Waals surface area (Å²) in [5.74, 6) is 1.64. The highest BCUT2D eigenvalue weighted by molar-refractivity contribution is 14.0. The van der Waals surface area contributed by atoms with Gasteiger partial charge in [0.2, 0.25) is 5.91 Å². The van der Waals surface area contributed by atoms with Crippen LogP contribution in [-0.4, -0.2) is 84.4 Å². The van der Waals surface area contributed by atoms with E-state index >= 15 is 0 Å². The van der Waals surface area contributed by atoms with Gasteiger partial charge in [-0.15, -0.1) is 24.0 Å². The first-order valence-electron chi connectivity index (χ1n) is 11.2. The third kappa shape index (κ3) is 7.60. The number of carbonyl (C=O) groups excluding carboxylic acids is 1. The number of benzene rings is 1. The van der Waals surface area contributed by atoms with Crippen LogP contribution in [0, 0.1) is 0 Å². The number of ether oxygens (including phenoxy) is 1. The molecule has 0 radical (unpaired) electrons. The average molecular weight is 569 g/mol. The summed E-state index contributed by atoms with van der Waals surface area (Å²) in [5, 5.41) is 7.53. The zero-order chi connectivity index (χ0) is 22.9. The molecule has 1 fully saturated rings. The van der Waals surface area contributed by atoms with Gasteiger partial charge in [-0.25, -0.2) is 0 Å². The van der Waals surface area contributed by atoms with Crippen molar-refractivity contribution >= 4 is 41.5 Å². The maximum absolute atomic E-state index is 12.7. The molecule has 1 aliphatic rings. The lowest BCUT2D eigenvalue weighted by Crippen LogP contribution is -2.55. The first-order valence-corrected chi connectivity index (χ1v) is 11.2.